The largest absolute Gasteiger partial charge is 0.308 e. The number of halogens is 1. The van der Waals surface area contributed by atoms with E-state index in [0.29, 0.717) is 5.56 Å². The highest BCUT2D eigenvalue weighted by atomic mass is 19.1. The summed E-state index contributed by atoms with van der Waals surface area (Å²) in [6.45, 7) is 3.65. The summed E-state index contributed by atoms with van der Waals surface area (Å²) >= 11 is 0. The van der Waals surface area contributed by atoms with Crippen LogP contribution in [-0.4, -0.2) is 17.0 Å². The van der Waals surface area contributed by atoms with Crippen molar-refractivity contribution >= 4 is 0 Å². The standard InChI is InChI=1S/C14H16FN3/c1-9-6-11(4-5-12(9)15)14(16-3)13-8-17-10(2)7-18-13/h4-8,14,16H,1-3H3. The second kappa shape index (κ2) is 5.23. The van der Waals surface area contributed by atoms with E-state index in [1.54, 1.807) is 25.4 Å². The molecular weight excluding hydrogens is 229 g/mol. The molecule has 3 nitrogen and oxygen atoms in total. The molecule has 1 heterocycles. The molecule has 4 heteroatoms. The van der Waals surface area contributed by atoms with Gasteiger partial charge in [0.15, 0.2) is 0 Å². The van der Waals surface area contributed by atoms with Crippen LogP contribution in [0.3, 0.4) is 0 Å². The van der Waals surface area contributed by atoms with Gasteiger partial charge in [-0.05, 0) is 38.1 Å². The molecule has 2 aromatic rings. The fourth-order valence-corrected chi connectivity index (χ4v) is 1.88. The zero-order valence-electron chi connectivity index (χ0n) is 10.7. The van der Waals surface area contributed by atoms with Gasteiger partial charge in [-0.1, -0.05) is 12.1 Å². The molecule has 0 radical (unpaired) electrons. The van der Waals surface area contributed by atoms with Gasteiger partial charge in [-0.25, -0.2) is 4.39 Å². The summed E-state index contributed by atoms with van der Waals surface area (Å²) in [6, 6.07) is 5.01. The second-order valence-electron chi connectivity index (χ2n) is 4.31. The molecule has 0 spiro atoms. The van der Waals surface area contributed by atoms with Gasteiger partial charge in [-0.2, -0.15) is 0 Å². The zero-order chi connectivity index (χ0) is 13.1. The van der Waals surface area contributed by atoms with E-state index in [4.69, 9.17) is 0 Å². The predicted molar refractivity (Wildman–Crippen MR) is 68.8 cm³/mol. The van der Waals surface area contributed by atoms with Crippen molar-refractivity contribution in [1.82, 2.24) is 15.3 Å². The van der Waals surface area contributed by atoms with Gasteiger partial charge in [0.2, 0.25) is 0 Å². The molecule has 0 aliphatic carbocycles. The van der Waals surface area contributed by atoms with Crippen molar-refractivity contribution in [2.45, 2.75) is 19.9 Å². The number of nitrogens with one attached hydrogen (secondary N) is 1. The maximum atomic E-state index is 13.3. The first kappa shape index (κ1) is 12.6. The molecule has 18 heavy (non-hydrogen) atoms. The molecule has 1 aromatic heterocycles. The summed E-state index contributed by atoms with van der Waals surface area (Å²) < 4.78 is 13.3. The molecule has 0 saturated heterocycles. The van der Waals surface area contributed by atoms with E-state index in [1.807, 2.05) is 20.0 Å². The van der Waals surface area contributed by atoms with E-state index < -0.39 is 0 Å². The Labute approximate surface area is 106 Å². The van der Waals surface area contributed by atoms with E-state index in [1.165, 1.54) is 6.07 Å². The molecule has 0 saturated carbocycles. The topological polar surface area (TPSA) is 37.8 Å². The van der Waals surface area contributed by atoms with Crippen molar-refractivity contribution in [1.29, 1.82) is 0 Å². The van der Waals surface area contributed by atoms with E-state index in [0.717, 1.165) is 17.0 Å². The molecule has 94 valence electrons. The molecule has 0 bridgehead atoms. The average Bonchev–Trinajstić information content (AvgIpc) is 2.37. The molecule has 0 fully saturated rings. The van der Waals surface area contributed by atoms with E-state index >= 15 is 0 Å². The fourth-order valence-electron chi connectivity index (χ4n) is 1.88. The summed E-state index contributed by atoms with van der Waals surface area (Å²) in [7, 11) is 1.85. The predicted octanol–water partition coefficient (Wildman–Crippen LogP) is 2.54. The highest BCUT2D eigenvalue weighted by Gasteiger charge is 2.14. The molecule has 1 unspecified atom stereocenters. The van der Waals surface area contributed by atoms with E-state index in [9.17, 15) is 4.39 Å². The Balaban J connectivity index is 2.38. The van der Waals surface area contributed by atoms with Crippen LogP contribution in [0.4, 0.5) is 4.39 Å². The Morgan fingerprint density at radius 2 is 1.94 bits per heavy atom. The smallest absolute Gasteiger partial charge is 0.126 e. The van der Waals surface area contributed by atoms with Gasteiger partial charge in [-0.3, -0.25) is 9.97 Å². The van der Waals surface area contributed by atoms with Gasteiger partial charge in [0.25, 0.3) is 0 Å². The number of aromatic nitrogens is 2. The van der Waals surface area contributed by atoms with E-state index in [-0.39, 0.29) is 11.9 Å². The molecule has 1 aromatic carbocycles. The van der Waals surface area contributed by atoms with Crippen LogP contribution in [0.2, 0.25) is 0 Å². The third-order valence-corrected chi connectivity index (χ3v) is 2.90. The van der Waals surface area contributed by atoms with Crippen LogP contribution in [0.5, 0.6) is 0 Å². The van der Waals surface area contributed by atoms with Crippen LogP contribution >= 0.6 is 0 Å². The number of aryl methyl sites for hydroxylation is 2. The Hall–Kier alpha value is -1.81. The Morgan fingerprint density at radius 1 is 1.17 bits per heavy atom. The second-order valence-corrected chi connectivity index (χ2v) is 4.31. The van der Waals surface area contributed by atoms with Gasteiger partial charge in [0.05, 0.1) is 23.6 Å². The van der Waals surface area contributed by atoms with Gasteiger partial charge in [0, 0.05) is 6.20 Å². The number of rotatable bonds is 3. The van der Waals surface area contributed by atoms with Crippen molar-refractivity contribution < 1.29 is 4.39 Å². The number of hydrogen-bond acceptors (Lipinski definition) is 3. The maximum Gasteiger partial charge on any atom is 0.126 e. The summed E-state index contributed by atoms with van der Waals surface area (Å²) in [5.74, 6) is -0.191. The summed E-state index contributed by atoms with van der Waals surface area (Å²) in [4.78, 5) is 8.60. The SMILES string of the molecule is CNC(c1ccc(F)c(C)c1)c1cnc(C)cn1. The molecular formula is C14H16FN3. The minimum absolute atomic E-state index is 0.0719. The van der Waals surface area contributed by atoms with Gasteiger partial charge >= 0.3 is 0 Å². The third-order valence-electron chi connectivity index (χ3n) is 2.90. The van der Waals surface area contributed by atoms with Crippen molar-refractivity contribution in [3.05, 3.63) is 58.9 Å². The molecule has 2 rings (SSSR count). The van der Waals surface area contributed by atoms with Crippen LogP contribution in [0.15, 0.2) is 30.6 Å². The molecule has 0 aliphatic heterocycles. The summed E-state index contributed by atoms with van der Waals surface area (Å²) in [5, 5.41) is 3.18. The molecule has 0 amide bonds. The first-order valence-corrected chi connectivity index (χ1v) is 5.83. The fraction of sp³-hybridized carbons (Fsp3) is 0.286. The minimum atomic E-state index is -0.191. The van der Waals surface area contributed by atoms with Crippen molar-refractivity contribution in [3.8, 4) is 0 Å². The minimum Gasteiger partial charge on any atom is -0.308 e. The third kappa shape index (κ3) is 2.54. The summed E-state index contributed by atoms with van der Waals surface area (Å²) in [5.41, 5.74) is 3.32. The Bertz CT molecular complexity index is 537. The van der Waals surface area contributed by atoms with Gasteiger partial charge in [0.1, 0.15) is 5.82 Å². The highest BCUT2D eigenvalue weighted by molar-refractivity contribution is 5.31. The normalized spacial score (nSPS) is 12.4. The molecule has 1 atom stereocenters. The van der Waals surface area contributed by atoms with Crippen LogP contribution in [0.1, 0.15) is 28.6 Å². The average molecular weight is 245 g/mol. The lowest BCUT2D eigenvalue weighted by molar-refractivity contribution is 0.612. The van der Waals surface area contributed by atoms with Gasteiger partial charge in [-0.15, -0.1) is 0 Å². The van der Waals surface area contributed by atoms with Crippen LogP contribution in [0, 0.1) is 19.7 Å². The Kier molecular flexibility index (Phi) is 3.67. The first-order valence-electron chi connectivity index (χ1n) is 5.83. The Morgan fingerprint density at radius 3 is 2.50 bits per heavy atom. The van der Waals surface area contributed by atoms with Crippen molar-refractivity contribution in [3.63, 3.8) is 0 Å². The lowest BCUT2D eigenvalue weighted by atomic mass is 10.0. The lowest BCUT2D eigenvalue weighted by Gasteiger charge is -2.16. The van der Waals surface area contributed by atoms with Crippen molar-refractivity contribution in [2.24, 2.45) is 0 Å². The monoisotopic (exact) mass is 245 g/mol. The molecule has 0 aliphatic rings. The van der Waals surface area contributed by atoms with Crippen LogP contribution < -0.4 is 5.32 Å². The molecule has 1 N–H and O–H groups in total. The lowest BCUT2D eigenvalue weighted by Crippen LogP contribution is -2.19. The number of nitrogens with zero attached hydrogens (tertiary/aromatic N) is 2. The highest BCUT2D eigenvalue weighted by Crippen LogP contribution is 2.21. The van der Waals surface area contributed by atoms with Crippen LogP contribution in [-0.2, 0) is 0 Å². The maximum absolute atomic E-state index is 13.3. The number of hydrogen-bond donors (Lipinski definition) is 1. The van der Waals surface area contributed by atoms with Gasteiger partial charge < -0.3 is 5.32 Å². The first-order chi connectivity index (χ1) is 8.61. The number of benzene rings is 1. The van der Waals surface area contributed by atoms with E-state index in [2.05, 4.69) is 15.3 Å². The van der Waals surface area contributed by atoms with Crippen LogP contribution in [0.25, 0.3) is 0 Å². The zero-order valence-corrected chi connectivity index (χ0v) is 10.7. The van der Waals surface area contributed by atoms with Crippen molar-refractivity contribution in [2.75, 3.05) is 7.05 Å². The summed E-state index contributed by atoms with van der Waals surface area (Å²) in [6.07, 6.45) is 3.48. The quantitative estimate of drug-likeness (QED) is 0.903.